The van der Waals surface area contributed by atoms with Crippen molar-refractivity contribution >= 4 is 32.9 Å². The summed E-state index contributed by atoms with van der Waals surface area (Å²) >= 11 is 3.31. The predicted molar refractivity (Wildman–Crippen MR) is 80.5 cm³/mol. The van der Waals surface area contributed by atoms with Crippen molar-refractivity contribution in [3.63, 3.8) is 0 Å². The van der Waals surface area contributed by atoms with Gasteiger partial charge >= 0.3 is 5.97 Å². The Hall–Kier alpha value is -2.21. The van der Waals surface area contributed by atoms with Gasteiger partial charge in [-0.3, -0.25) is 0 Å². The molecule has 21 heavy (non-hydrogen) atoms. The van der Waals surface area contributed by atoms with E-state index in [0.29, 0.717) is 32.5 Å². The van der Waals surface area contributed by atoms with E-state index >= 15 is 0 Å². The summed E-state index contributed by atoms with van der Waals surface area (Å²) in [7, 11) is 1.31. The number of hydrogen-bond donors (Lipinski definition) is 1. The van der Waals surface area contributed by atoms with Crippen molar-refractivity contribution in [2.45, 2.75) is 0 Å². The summed E-state index contributed by atoms with van der Waals surface area (Å²) in [4.78, 5) is 19.1. The van der Waals surface area contributed by atoms with E-state index < -0.39 is 11.8 Å². The maximum absolute atomic E-state index is 14.0. The van der Waals surface area contributed by atoms with Gasteiger partial charge in [-0.2, -0.15) is 0 Å². The van der Waals surface area contributed by atoms with Crippen molar-refractivity contribution in [3.05, 3.63) is 52.3 Å². The first-order chi connectivity index (χ1) is 10.1. The van der Waals surface area contributed by atoms with Gasteiger partial charge in [0, 0.05) is 4.47 Å². The van der Waals surface area contributed by atoms with Gasteiger partial charge in [0.25, 0.3) is 0 Å². The monoisotopic (exact) mass is 348 g/mol. The number of nitrogens with one attached hydrogen (secondary N) is 1. The summed E-state index contributed by atoms with van der Waals surface area (Å²) in [6, 6.07) is 9.79. The van der Waals surface area contributed by atoms with E-state index in [4.69, 9.17) is 4.74 Å². The van der Waals surface area contributed by atoms with E-state index in [0.717, 1.165) is 0 Å². The summed E-state index contributed by atoms with van der Waals surface area (Å²) < 4.78 is 19.3. The molecule has 0 saturated carbocycles. The van der Waals surface area contributed by atoms with Crippen LogP contribution in [0.5, 0.6) is 0 Å². The second-order valence-corrected chi connectivity index (χ2v) is 5.23. The van der Waals surface area contributed by atoms with Crippen LogP contribution in [0.3, 0.4) is 0 Å². The Kier molecular flexibility index (Phi) is 3.47. The number of hydrogen-bond acceptors (Lipinski definition) is 3. The molecule has 0 bridgehead atoms. The lowest BCUT2D eigenvalue weighted by molar-refractivity contribution is 0.0603. The maximum atomic E-state index is 14.0. The van der Waals surface area contributed by atoms with E-state index in [9.17, 15) is 9.18 Å². The summed E-state index contributed by atoms with van der Waals surface area (Å²) in [6.45, 7) is 0. The smallest absolute Gasteiger partial charge is 0.340 e. The molecule has 0 fully saturated rings. The SMILES string of the molecule is COC(=O)c1cccc2[nH]c(-c3c(F)cccc3Br)nc12. The average molecular weight is 349 g/mol. The highest BCUT2D eigenvalue weighted by Crippen LogP contribution is 2.31. The van der Waals surface area contributed by atoms with Crippen molar-refractivity contribution in [2.75, 3.05) is 7.11 Å². The number of esters is 1. The van der Waals surface area contributed by atoms with Crippen LogP contribution < -0.4 is 0 Å². The first-order valence-corrected chi connectivity index (χ1v) is 6.92. The number of methoxy groups -OCH3 is 1. The van der Waals surface area contributed by atoms with E-state index in [1.807, 2.05) is 0 Å². The van der Waals surface area contributed by atoms with Gasteiger partial charge in [-0.15, -0.1) is 0 Å². The van der Waals surface area contributed by atoms with Crippen molar-refractivity contribution in [1.82, 2.24) is 9.97 Å². The molecule has 0 aliphatic carbocycles. The molecule has 1 aromatic heterocycles. The second-order valence-electron chi connectivity index (χ2n) is 4.38. The molecule has 0 amide bonds. The standard InChI is InChI=1S/C15H10BrFN2O2/c1-21-15(20)8-4-2-7-11-13(8)19-14(18-11)12-9(16)5-3-6-10(12)17/h2-7H,1H3,(H,18,19). The van der Waals surface area contributed by atoms with Gasteiger partial charge in [0.05, 0.1) is 23.8 Å². The number of aromatic nitrogens is 2. The lowest BCUT2D eigenvalue weighted by Crippen LogP contribution is -2.01. The maximum Gasteiger partial charge on any atom is 0.340 e. The first-order valence-electron chi connectivity index (χ1n) is 6.13. The van der Waals surface area contributed by atoms with Crippen LogP contribution >= 0.6 is 15.9 Å². The Bertz CT molecular complexity index is 825. The molecule has 0 aliphatic rings. The van der Waals surface area contributed by atoms with E-state index in [1.54, 1.807) is 30.3 Å². The fourth-order valence-corrected chi connectivity index (χ4v) is 2.68. The number of nitrogens with zero attached hydrogens (tertiary/aromatic N) is 1. The molecule has 106 valence electrons. The summed E-state index contributed by atoms with van der Waals surface area (Å²) in [6.07, 6.45) is 0. The number of benzene rings is 2. The fourth-order valence-electron chi connectivity index (χ4n) is 2.15. The number of carbonyl (C=O) groups is 1. The molecule has 3 aromatic rings. The molecule has 0 saturated heterocycles. The zero-order valence-corrected chi connectivity index (χ0v) is 12.6. The van der Waals surface area contributed by atoms with E-state index in [1.165, 1.54) is 13.2 Å². The Morgan fingerprint density at radius 3 is 2.76 bits per heavy atom. The van der Waals surface area contributed by atoms with Crippen molar-refractivity contribution in [3.8, 4) is 11.4 Å². The largest absolute Gasteiger partial charge is 0.465 e. The molecular formula is C15H10BrFN2O2. The third kappa shape index (κ3) is 2.31. The molecule has 0 aliphatic heterocycles. The molecule has 1 N–H and O–H groups in total. The molecule has 2 aromatic carbocycles. The average Bonchev–Trinajstić information content (AvgIpc) is 2.89. The Labute approximate surface area is 128 Å². The minimum Gasteiger partial charge on any atom is -0.465 e. The molecule has 0 spiro atoms. The van der Waals surface area contributed by atoms with Gasteiger partial charge in [-0.25, -0.2) is 14.2 Å². The van der Waals surface area contributed by atoms with Gasteiger partial charge in [0.15, 0.2) is 0 Å². The van der Waals surface area contributed by atoms with Gasteiger partial charge in [0.1, 0.15) is 17.2 Å². The number of halogens is 2. The van der Waals surface area contributed by atoms with Crippen LogP contribution in [0.1, 0.15) is 10.4 Å². The number of ether oxygens (including phenoxy) is 1. The lowest BCUT2D eigenvalue weighted by atomic mass is 10.2. The van der Waals surface area contributed by atoms with E-state index in [2.05, 4.69) is 25.9 Å². The van der Waals surface area contributed by atoms with Gasteiger partial charge < -0.3 is 9.72 Å². The number of carbonyl (C=O) groups excluding carboxylic acids is 1. The summed E-state index contributed by atoms with van der Waals surface area (Å²) in [5.41, 5.74) is 1.76. The highest BCUT2D eigenvalue weighted by Gasteiger charge is 2.17. The molecule has 6 heteroatoms. The normalized spacial score (nSPS) is 10.8. The fraction of sp³-hybridized carbons (Fsp3) is 0.0667. The number of rotatable bonds is 2. The topological polar surface area (TPSA) is 55.0 Å². The number of aromatic amines is 1. The summed E-state index contributed by atoms with van der Waals surface area (Å²) in [5.74, 6) is -0.527. The molecule has 3 rings (SSSR count). The minimum absolute atomic E-state index is 0.324. The Morgan fingerprint density at radius 1 is 1.29 bits per heavy atom. The van der Waals surface area contributed by atoms with Crippen LogP contribution in [0.15, 0.2) is 40.9 Å². The zero-order chi connectivity index (χ0) is 15.0. The third-order valence-electron chi connectivity index (χ3n) is 3.12. The van der Waals surface area contributed by atoms with Crippen LogP contribution in [-0.4, -0.2) is 23.0 Å². The van der Waals surface area contributed by atoms with E-state index in [-0.39, 0.29) is 0 Å². The highest BCUT2D eigenvalue weighted by atomic mass is 79.9. The van der Waals surface area contributed by atoms with Crippen LogP contribution in [0.4, 0.5) is 4.39 Å². The van der Waals surface area contributed by atoms with Crippen LogP contribution in [0.25, 0.3) is 22.4 Å². The van der Waals surface area contributed by atoms with Crippen LogP contribution in [-0.2, 0) is 4.74 Å². The molecular weight excluding hydrogens is 339 g/mol. The molecule has 0 radical (unpaired) electrons. The Morgan fingerprint density at radius 2 is 2.05 bits per heavy atom. The number of fused-ring (bicyclic) bond motifs is 1. The highest BCUT2D eigenvalue weighted by molar-refractivity contribution is 9.10. The quantitative estimate of drug-likeness (QED) is 0.714. The molecule has 0 atom stereocenters. The Balaban J connectivity index is 2.25. The molecule has 0 unspecified atom stereocenters. The number of H-pyrrole nitrogens is 1. The van der Waals surface area contributed by atoms with Gasteiger partial charge in [-0.05, 0) is 40.2 Å². The molecule has 4 nitrogen and oxygen atoms in total. The van der Waals surface area contributed by atoms with Crippen molar-refractivity contribution < 1.29 is 13.9 Å². The predicted octanol–water partition coefficient (Wildman–Crippen LogP) is 3.92. The van der Waals surface area contributed by atoms with Crippen LogP contribution in [0, 0.1) is 5.82 Å². The zero-order valence-electron chi connectivity index (χ0n) is 11.0. The lowest BCUT2D eigenvalue weighted by Gasteiger charge is -2.01. The summed E-state index contributed by atoms with van der Waals surface area (Å²) in [5, 5.41) is 0. The van der Waals surface area contributed by atoms with Crippen LogP contribution in [0.2, 0.25) is 0 Å². The van der Waals surface area contributed by atoms with Gasteiger partial charge in [0.2, 0.25) is 0 Å². The minimum atomic E-state index is -0.480. The van der Waals surface area contributed by atoms with Crippen molar-refractivity contribution in [2.24, 2.45) is 0 Å². The molecule has 1 heterocycles. The van der Waals surface area contributed by atoms with Gasteiger partial charge in [-0.1, -0.05) is 12.1 Å². The second kappa shape index (κ2) is 5.29. The number of para-hydroxylation sites is 1. The third-order valence-corrected chi connectivity index (χ3v) is 3.78. The number of imidazole rings is 1. The first kappa shape index (κ1) is 13.8. The van der Waals surface area contributed by atoms with Crippen molar-refractivity contribution in [1.29, 1.82) is 0 Å².